The number of nitrogens with zero attached hydrogens (tertiary/aromatic N) is 1. The van der Waals surface area contributed by atoms with Crippen LogP contribution in [0.4, 0.5) is 10.1 Å². The van der Waals surface area contributed by atoms with E-state index in [9.17, 15) is 9.18 Å². The highest BCUT2D eigenvalue weighted by Gasteiger charge is 2.24. The van der Waals surface area contributed by atoms with Gasteiger partial charge in [0.25, 0.3) is 5.91 Å². The van der Waals surface area contributed by atoms with Crippen molar-refractivity contribution >= 4 is 46.2 Å². The Morgan fingerprint density at radius 1 is 1.31 bits per heavy atom. The Bertz CT molecular complexity index is 1030. The van der Waals surface area contributed by atoms with Gasteiger partial charge in [-0.2, -0.15) is 0 Å². The smallest absolute Gasteiger partial charge is 0.264 e. The van der Waals surface area contributed by atoms with Crippen molar-refractivity contribution in [2.24, 2.45) is 4.99 Å². The molecule has 1 aliphatic heterocycles. The van der Waals surface area contributed by atoms with Gasteiger partial charge in [-0.05, 0) is 66.7 Å². The molecule has 1 heterocycles. The molecule has 3 rings (SSSR count). The molecule has 1 saturated heterocycles. The minimum atomic E-state index is -0.353. The molecule has 148 valence electrons. The summed E-state index contributed by atoms with van der Waals surface area (Å²) >= 11 is 7.48. The summed E-state index contributed by atoms with van der Waals surface area (Å²) in [6.07, 6.45) is 6.91. The van der Waals surface area contributed by atoms with E-state index in [1.165, 1.54) is 36.0 Å². The molecule has 1 N–H and O–H groups in total. The Morgan fingerprint density at radius 3 is 2.76 bits per heavy atom. The number of aliphatic imine (C=N–C) groups is 1. The van der Waals surface area contributed by atoms with Crippen molar-refractivity contribution in [2.45, 2.75) is 6.92 Å². The predicted octanol–water partition coefficient (Wildman–Crippen LogP) is 4.78. The van der Waals surface area contributed by atoms with Crippen molar-refractivity contribution in [1.82, 2.24) is 5.32 Å². The van der Waals surface area contributed by atoms with Crippen LogP contribution < -0.4 is 14.8 Å². The molecule has 0 spiro atoms. The van der Waals surface area contributed by atoms with Gasteiger partial charge >= 0.3 is 0 Å². The van der Waals surface area contributed by atoms with Gasteiger partial charge in [-0.25, -0.2) is 9.38 Å². The van der Waals surface area contributed by atoms with Crippen LogP contribution in [0.2, 0.25) is 5.02 Å². The third-order valence-electron chi connectivity index (χ3n) is 3.64. The maximum atomic E-state index is 13.0. The summed E-state index contributed by atoms with van der Waals surface area (Å²) in [6, 6.07) is 9.04. The number of thioether (sulfide) groups is 1. The molecule has 0 saturated carbocycles. The van der Waals surface area contributed by atoms with Gasteiger partial charge in [0.05, 0.1) is 22.2 Å². The molecule has 29 heavy (non-hydrogen) atoms. The topological polar surface area (TPSA) is 59.9 Å². The van der Waals surface area contributed by atoms with Gasteiger partial charge in [0.2, 0.25) is 0 Å². The number of ether oxygens (including phenoxy) is 2. The molecule has 8 heteroatoms. The minimum Gasteiger partial charge on any atom is -0.490 e. The number of hydrogen-bond donors (Lipinski definition) is 1. The molecule has 5 nitrogen and oxygen atoms in total. The Hall–Kier alpha value is -2.95. The zero-order valence-electron chi connectivity index (χ0n) is 15.4. The molecule has 2 aromatic rings. The van der Waals surface area contributed by atoms with E-state index in [1.54, 1.807) is 18.2 Å². The number of rotatable bonds is 6. The normalized spacial score (nSPS) is 16.0. The Morgan fingerprint density at radius 2 is 2.07 bits per heavy atom. The number of amides is 1. The summed E-state index contributed by atoms with van der Waals surface area (Å²) in [5, 5.41) is 3.40. The second-order valence-electron chi connectivity index (χ2n) is 5.71. The van der Waals surface area contributed by atoms with Crippen molar-refractivity contribution in [1.29, 1.82) is 0 Å². The molecule has 1 amide bonds. The highest BCUT2D eigenvalue weighted by molar-refractivity contribution is 8.18. The van der Waals surface area contributed by atoms with Crippen molar-refractivity contribution in [3.8, 4) is 23.8 Å². The number of carbonyl (C=O) groups is 1. The van der Waals surface area contributed by atoms with Crippen LogP contribution in [-0.2, 0) is 4.79 Å². The summed E-state index contributed by atoms with van der Waals surface area (Å²) in [5.74, 6) is 2.53. The molecule has 2 aromatic carbocycles. The lowest BCUT2D eigenvalue weighted by atomic mass is 10.2. The van der Waals surface area contributed by atoms with E-state index in [0.717, 1.165) is 0 Å². The first-order valence-electron chi connectivity index (χ1n) is 8.58. The second kappa shape index (κ2) is 9.50. The molecular formula is C21H16ClFN2O3S. The predicted molar refractivity (Wildman–Crippen MR) is 114 cm³/mol. The molecule has 1 fully saturated rings. The fourth-order valence-corrected chi connectivity index (χ4v) is 3.57. The van der Waals surface area contributed by atoms with E-state index in [4.69, 9.17) is 27.5 Å². The third kappa shape index (κ3) is 5.31. The molecule has 1 aliphatic rings. The third-order valence-corrected chi connectivity index (χ3v) is 4.83. The summed E-state index contributed by atoms with van der Waals surface area (Å²) < 4.78 is 24.1. The van der Waals surface area contributed by atoms with Gasteiger partial charge in [0.1, 0.15) is 12.4 Å². The number of carbonyl (C=O) groups excluding carboxylic acids is 1. The van der Waals surface area contributed by atoms with E-state index in [2.05, 4.69) is 16.2 Å². The first kappa shape index (κ1) is 20.8. The zero-order valence-corrected chi connectivity index (χ0v) is 16.9. The molecule has 0 unspecified atom stereocenters. The van der Waals surface area contributed by atoms with E-state index >= 15 is 0 Å². The van der Waals surface area contributed by atoms with Crippen molar-refractivity contribution < 1.29 is 18.7 Å². The van der Waals surface area contributed by atoms with Crippen LogP contribution in [-0.4, -0.2) is 24.3 Å². The number of amidine groups is 1. The van der Waals surface area contributed by atoms with E-state index in [0.29, 0.717) is 44.5 Å². The first-order chi connectivity index (χ1) is 14.0. The molecule has 0 aliphatic carbocycles. The van der Waals surface area contributed by atoms with Gasteiger partial charge in [-0.15, -0.1) is 6.42 Å². The van der Waals surface area contributed by atoms with E-state index < -0.39 is 0 Å². The molecular weight excluding hydrogens is 415 g/mol. The summed E-state index contributed by atoms with van der Waals surface area (Å²) in [6.45, 7) is 2.30. The Balaban J connectivity index is 1.86. The number of terminal acetylenes is 1. The molecule has 0 atom stereocenters. The van der Waals surface area contributed by atoms with Crippen LogP contribution in [0.3, 0.4) is 0 Å². The highest BCUT2D eigenvalue weighted by Crippen LogP contribution is 2.38. The van der Waals surface area contributed by atoms with E-state index in [1.807, 2.05) is 6.92 Å². The van der Waals surface area contributed by atoms with Crippen molar-refractivity contribution in [3.05, 3.63) is 57.7 Å². The maximum Gasteiger partial charge on any atom is 0.264 e. The van der Waals surface area contributed by atoms with Crippen LogP contribution in [0.25, 0.3) is 6.08 Å². The average molecular weight is 431 g/mol. The lowest BCUT2D eigenvalue weighted by Crippen LogP contribution is -2.19. The highest BCUT2D eigenvalue weighted by atomic mass is 35.5. The summed E-state index contributed by atoms with van der Waals surface area (Å²) in [4.78, 5) is 17.0. The van der Waals surface area contributed by atoms with Crippen LogP contribution in [0.15, 0.2) is 46.3 Å². The van der Waals surface area contributed by atoms with Gasteiger partial charge in [-0.3, -0.25) is 4.79 Å². The lowest BCUT2D eigenvalue weighted by molar-refractivity contribution is -0.115. The average Bonchev–Trinajstić information content (AvgIpc) is 3.02. The maximum absolute atomic E-state index is 13.0. The molecule has 0 bridgehead atoms. The van der Waals surface area contributed by atoms with Crippen molar-refractivity contribution in [3.63, 3.8) is 0 Å². The quantitative estimate of drug-likeness (QED) is 0.529. The largest absolute Gasteiger partial charge is 0.490 e. The Kier molecular flexibility index (Phi) is 6.81. The fraction of sp³-hybridized carbons (Fsp3) is 0.143. The second-order valence-corrected chi connectivity index (χ2v) is 7.15. The molecule has 0 aromatic heterocycles. The SMILES string of the molecule is C#CCOc1c(Cl)cc(/C=C2/SC(=Nc3ccc(F)cc3)NC2=O)cc1OCC. The number of halogens is 2. The van der Waals surface area contributed by atoms with Crippen LogP contribution in [0.5, 0.6) is 11.5 Å². The lowest BCUT2D eigenvalue weighted by Gasteiger charge is -2.13. The number of hydrogen-bond acceptors (Lipinski definition) is 5. The molecule has 0 radical (unpaired) electrons. The van der Waals surface area contributed by atoms with Crippen molar-refractivity contribution in [2.75, 3.05) is 13.2 Å². The first-order valence-corrected chi connectivity index (χ1v) is 9.77. The van der Waals surface area contributed by atoms with Gasteiger partial charge in [-0.1, -0.05) is 17.5 Å². The monoisotopic (exact) mass is 430 g/mol. The van der Waals surface area contributed by atoms with Gasteiger partial charge in [0, 0.05) is 0 Å². The zero-order chi connectivity index (χ0) is 20.8. The Labute approximate surface area is 177 Å². The fourth-order valence-electron chi connectivity index (χ4n) is 2.45. The van der Waals surface area contributed by atoms with Crippen LogP contribution >= 0.6 is 23.4 Å². The number of nitrogens with one attached hydrogen (secondary N) is 1. The number of benzene rings is 2. The van der Waals surface area contributed by atoms with Crippen LogP contribution in [0.1, 0.15) is 12.5 Å². The minimum absolute atomic E-state index is 0.0572. The van der Waals surface area contributed by atoms with Crippen LogP contribution in [0, 0.1) is 18.2 Å². The van der Waals surface area contributed by atoms with E-state index in [-0.39, 0.29) is 18.3 Å². The standard InChI is InChI=1S/C21H16ClFN2O3S/c1-3-9-28-19-16(22)10-13(11-17(19)27-4-2)12-18-20(26)25-21(29-18)24-15-7-5-14(23)6-8-15/h1,5-8,10-12H,4,9H2,2H3,(H,24,25,26)/b18-12+. The van der Waals surface area contributed by atoms with Gasteiger partial charge in [0.15, 0.2) is 16.7 Å². The summed E-state index contributed by atoms with van der Waals surface area (Å²) in [5.41, 5.74) is 1.19. The van der Waals surface area contributed by atoms with Gasteiger partial charge < -0.3 is 14.8 Å². The summed E-state index contributed by atoms with van der Waals surface area (Å²) in [7, 11) is 0.